The molecule has 21 heavy (non-hydrogen) atoms. The predicted octanol–water partition coefficient (Wildman–Crippen LogP) is 1.18. The van der Waals surface area contributed by atoms with Crippen molar-refractivity contribution in [3.05, 3.63) is 0 Å². The molecule has 0 aromatic carbocycles. The van der Waals surface area contributed by atoms with Gasteiger partial charge >= 0.3 is 0 Å². The molecule has 0 saturated heterocycles. The van der Waals surface area contributed by atoms with Gasteiger partial charge in [-0.1, -0.05) is 13.8 Å². The van der Waals surface area contributed by atoms with Gasteiger partial charge in [-0.05, 0) is 52.6 Å². The minimum atomic E-state index is -0.370. The number of ketones is 1. The lowest BCUT2D eigenvalue weighted by molar-refractivity contribution is -0.128. The Labute approximate surface area is 128 Å². The van der Waals surface area contributed by atoms with Crippen LogP contribution in [0.25, 0.3) is 0 Å². The molecule has 1 aliphatic rings. The van der Waals surface area contributed by atoms with E-state index in [1.807, 2.05) is 27.9 Å². The minimum Gasteiger partial charge on any atom is -0.345 e. The van der Waals surface area contributed by atoms with E-state index < -0.39 is 0 Å². The summed E-state index contributed by atoms with van der Waals surface area (Å²) in [5.74, 6) is 0.0977. The summed E-state index contributed by atoms with van der Waals surface area (Å²) >= 11 is 0. The summed E-state index contributed by atoms with van der Waals surface area (Å²) in [6.07, 6.45) is 4.57. The van der Waals surface area contributed by atoms with Gasteiger partial charge in [0, 0.05) is 12.1 Å². The second-order valence-electron chi connectivity index (χ2n) is 6.61. The van der Waals surface area contributed by atoms with Gasteiger partial charge < -0.3 is 10.6 Å². The normalized spacial score (nSPS) is 24.1. The topological polar surface area (TPSA) is 61.4 Å². The molecule has 5 heteroatoms. The Morgan fingerprint density at radius 3 is 2.19 bits per heavy atom. The lowest BCUT2D eigenvalue weighted by atomic mass is 9.90. The molecule has 1 rings (SSSR count). The van der Waals surface area contributed by atoms with Crippen molar-refractivity contribution in [2.75, 3.05) is 20.6 Å². The smallest absolute Gasteiger partial charge is 0.234 e. The average molecular weight is 297 g/mol. The highest BCUT2D eigenvalue weighted by molar-refractivity contribution is 5.88. The highest BCUT2D eigenvalue weighted by atomic mass is 16.2. The van der Waals surface area contributed by atoms with Gasteiger partial charge in [0.05, 0.1) is 12.6 Å². The molecule has 1 aliphatic carbocycles. The van der Waals surface area contributed by atoms with Crippen LogP contribution in [0.5, 0.6) is 0 Å². The van der Waals surface area contributed by atoms with Crippen LogP contribution in [0.3, 0.4) is 0 Å². The van der Waals surface area contributed by atoms with Gasteiger partial charge in [0.25, 0.3) is 0 Å². The summed E-state index contributed by atoms with van der Waals surface area (Å²) in [7, 11) is 4.01. The maximum absolute atomic E-state index is 12.1. The van der Waals surface area contributed by atoms with Crippen LogP contribution in [-0.4, -0.2) is 55.4 Å². The summed E-state index contributed by atoms with van der Waals surface area (Å²) in [5, 5.41) is 6.18. The van der Waals surface area contributed by atoms with Gasteiger partial charge in [-0.2, -0.15) is 0 Å². The quantitative estimate of drug-likeness (QED) is 0.741. The fourth-order valence-corrected chi connectivity index (χ4v) is 3.12. The molecule has 1 unspecified atom stereocenters. The molecular weight excluding hydrogens is 266 g/mol. The zero-order valence-corrected chi connectivity index (χ0v) is 14.1. The fourth-order valence-electron chi connectivity index (χ4n) is 3.12. The number of hydrogen-bond donors (Lipinski definition) is 2. The van der Waals surface area contributed by atoms with Crippen molar-refractivity contribution in [1.82, 2.24) is 15.5 Å². The van der Waals surface area contributed by atoms with Crippen molar-refractivity contribution in [2.24, 2.45) is 5.92 Å². The first-order valence-corrected chi connectivity index (χ1v) is 8.02. The number of carbonyl (C=O) groups is 2. The Morgan fingerprint density at radius 2 is 1.76 bits per heavy atom. The number of nitrogens with zero attached hydrogens (tertiary/aromatic N) is 1. The van der Waals surface area contributed by atoms with E-state index in [9.17, 15) is 9.59 Å². The van der Waals surface area contributed by atoms with Crippen molar-refractivity contribution >= 4 is 11.7 Å². The molecule has 1 amide bonds. The Bertz CT molecular complexity index is 349. The lowest BCUT2D eigenvalue weighted by Gasteiger charge is -2.34. The van der Waals surface area contributed by atoms with Crippen LogP contribution in [0.1, 0.15) is 46.5 Å². The average Bonchev–Trinajstić information content (AvgIpc) is 2.44. The van der Waals surface area contributed by atoms with E-state index in [1.165, 1.54) is 6.92 Å². The van der Waals surface area contributed by atoms with Gasteiger partial charge in [-0.25, -0.2) is 0 Å². The summed E-state index contributed by atoms with van der Waals surface area (Å²) in [6.45, 7) is 5.81. The molecule has 0 aromatic rings. The van der Waals surface area contributed by atoms with Crippen molar-refractivity contribution < 1.29 is 9.59 Å². The van der Waals surface area contributed by atoms with Gasteiger partial charge in [0.2, 0.25) is 5.91 Å². The summed E-state index contributed by atoms with van der Waals surface area (Å²) in [6, 6.07) is 0.715. The molecule has 1 saturated carbocycles. The zero-order valence-electron chi connectivity index (χ0n) is 14.1. The molecule has 0 aliphatic heterocycles. The minimum absolute atomic E-state index is 0.0236. The third-order valence-corrected chi connectivity index (χ3v) is 4.54. The summed E-state index contributed by atoms with van der Waals surface area (Å²) in [5.41, 5.74) is 0. The Hall–Kier alpha value is -0.940. The number of likely N-dealkylation sites (N-methyl/N-ethyl adjacent to an activating group) is 1. The molecule has 0 spiro atoms. The van der Waals surface area contributed by atoms with Crippen molar-refractivity contribution in [3.63, 3.8) is 0 Å². The van der Waals surface area contributed by atoms with Gasteiger partial charge in [0.15, 0.2) is 5.78 Å². The Morgan fingerprint density at radius 1 is 1.19 bits per heavy atom. The molecule has 1 atom stereocenters. The van der Waals surface area contributed by atoms with E-state index >= 15 is 0 Å². The van der Waals surface area contributed by atoms with Crippen LogP contribution in [0.4, 0.5) is 0 Å². The maximum Gasteiger partial charge on any atom is 0.234 e. The van der Waals surface area contributed by atoms with Crippen LogP contribution >= 0.6 is 0 Å². The van der Waals surface area contributed by atoms with Crippen LogP contribution in [0.15, 0.2) is 0 Å². The van der Waals surface area contributed by atoms with Crippen LogP contribution in [0.2, 0.25) is 0 Å². The Balaban J connectivity index is 2.42. The number of rotatable bonds is 7. The molecule has 0 heterocycles. The van der Waals surface area contributed by atoms with E-state index in [0.29, 0.717) is 18.6 Å². The molecule has 5 nitrogen and oxygen atoms in total. The number of amides is 1. The van der Waals surface area contributed by atoms with Crippen LogP contribution in [-0.2, 0) is 9.59 Å². The van der Waals surface area contributed by atoms with E-state index in [2.05, 4.69) is 15.5 Å². The molecule has 0 radical (unpaired) electrons. The van der Waals surface area contributed by atoms with Crippen molar-refractivity contribution in [1.29, 1.82) is 0 Å². The molecule has 0 bridgehead atoms. The highest BCUT2D eigenvalue weighted by Crippen LogP contribution is 2.21. The van der Waals surface area contributed by atoms with Crippen molar-refractivity contribution in [3.8, 4) is 0 Å². The molecule has 2 N–H and O–H groups in total. The predicted molar refractivity (Wildman–Crippen MR) is 85.2 cm³/mol. The van der Waals surface area contributed by atoms with Gasteiger partial charge in [-0.3, -0.25) is 14.5 Å². The highest BCUT2D eigenvalue weighted by Gasteiger charge is 2.26. The van der Waals surface area contributed by atoms with Crippen LogP contribution in [0, 0.1) is 5.92 Å². The number of Topliss-reactive ketones (excluding diaryl/α,β-unsaturated/α-hetero) is 1. The standard InChI is InChI=1S/C16H31N3O2/c1-11(2)16(12(3)20)18-15(21)10-19(5)14-8-6-13(17-4)7-9-14/h11,13-14,16-17H,6-10H2,1-5H3,(H,18,21). The van der Waals surface area contributed by atoms with Gasteiger partial charge in [0.1, 0.15) is 0 Å². The number of nitrogens with one attached hydrogen (secondary N) is 2. The molecular formula is C16H31N3O2. The third-order valence-electron chi connectivity index (χ3n) is 4.54. The number of hydrogen-bond acceptors (Lipinski definition) is 4. The van der Waals surface area contributed by atoms with E-state index in [0.717, 1.165) is 25.7 Å². The second kappa shape index (κ2) is 8.49. The lowest BCUT2D eigenvalue weighted by Crippen LogP contribution is -2.49. The maximum atomic E-state index is 12.1. The van der Waals surface area contributed by atoms with E-state index in [4.69, 9.17) is 0 Å². The first-order valence-electron chi connectivity index (χ1n) is 8.02. The first-order chi connectivity index (χ1) is 9.85. The third kappa shape index (κ3) is 5.75. The number of carbonyl (C=O) groups excluding carboxylic acids is 2. The SMILES string of the molecule is CNC1CCC(N(C)CC(=O)NC(C(C)=O)C(C)C)CC1. The molecule has 0 aromatic heterocycles. The first kappa shape index (κ1) is 18.1. The largest absolute Gasteiger partial charge is 0.345 e. The summed E-state index contributed by atoms with van der Waals surface area (Å²) < 4.78 is 0. The van der Waals surface area contributed by atoms with Crippen LogP contribution < -0.4 is 10.6 Å². The van der Waals surface area contributed by atoms with E-state index in [-0.39, 0.29) is 23.7 Å². The summed E-state index contributed by atoms with van der Waals surface area (Å²) in [4.78, 5) is 25.8. The Kier molecular flexibility index (Phi) is 7.32. The molecule has 122 valence electrons. The zero-order chi connectivity index (χ0) is 16.0. The monoisotopic (exact) mass is 297 g/mol. The van der Waals surface area contributed by atoms with Crippen molar-refractivity contribution in [2.45, 2.75) is 64.6 Å². The van der Waals surface area contributed by atoms with Gasteiger partial charge in [-0.15, -0.1) is 0 Å². The fraction of sp³-hybridized carbons (Fsp3) is 0.875. The second-order valence-corrected chi connectivity index (χ2v) is 6.61. The van der Waals surface area contributed by atoms with E-state index in [1.54, 1.807) is 0 Å². The molecule has 1 fully saturated rings.